The van der Waals surface area contributed by atoms with E-state index < -0.39 is 0 Å². The summed E-state index contributed by atoms with van der Waals surface area (Å²) in [5, 5.41) is 1.74. The van der Waals surface area contributed by atoms with E-state index in [9.17, 15) is 9.59 Å². The lowest BCUT2D eigenvalue weighted by atomic mass is 10.2. The van der Waals surface area contributed by atoms with E-state index in [-0.39, 0.29) is 30.5 Å². The van der Waals surface area contributed by atoms with E-state index in [1.165, 1.54) is 23.1 Å². The van der Waals surface area contributed by atoms with E-state index in [1.54, 1.807) is 35.5 Å². The normalized spacial score (nSPS) is 16.9. The molecular formula is C22H29N3O5S2. The lowest BCUT2D eigenvalue weighted by Crippen LogP contribution is -2.42. The SMILES string of the molecule is COc1cc(CO[C@@H]2CN(C(=O)c3csc(SC)n3)CC(=O)N(C(C)C)C2)cc(OC)c1. The molecular weight excluding hydrogens is 450 g/mol. The Bertz CT molecular complexity index is 927. The molecule has 1 aromatic carbocycles. The maximum atomic E-state index is 13.1. The second kappa shape index (κ2) is 11.0. The maximum Gasteiger partial charge on any atom is 0.273 e. The number of rotatable bonds is 8. The third kappa shape index (κ3) is 5.93. The second-order valence-electron chi connectivity index (χ2n) is 7.68. The third-order valence-electron chi connectivity index (χ3n) is 5.16. The number of aromatic nitrogens is 1. The molecule has 0 spiro atoms. The quantitative estimate of drug-likeness (QED) is 0.538. The molecule has 32 heavy (non-hydrogen) atoms. The van der Waals surface area contributed by atoms with Crippen LogP contribution in [-0.2, 0) is 16.1 Å². The molecule has 2 heterocycles. The number of thiazole rings is 1. The predicted molar refractivity (Wildman–Crippen MR) is 125 cm³/mol. The van der Waals surface area contributed by atoms with Gasteiger partial charge in [0.25, 0.3) is 5.91 Å². The van der Waals surface area contributed by atoms with E-state index in [4.69, 9.17) is 14.2 Å². The van der Waals surface area contributed by atoms with E-state index in [0.29, 0.717) is 36.9 Å². The highest BCUT2D eigenvalue weighted by molar-refractivity contribution is 8.00. The van der Waals surface area contributed by atoms with Crippen molar-refractivity contribution in [3.8, 4) is 11.5 Å². The third-order valence-corrected chi connectivity index (χ3v) is 7.02. The van der Waals surface area contributed by atoms with Gasteiger partial charge in [-0.25, -0.2) is 4.98 Å². The summed E-state index contributed by atoms with van der Waals surface area (Å²) < 4.78 is 17.7. The minimum Gasteiger partial charge on any atom is -0.497 e. The van der Waals surface area contributed by atoms with E-state index in [1.807, 2.05) is 32.2 Å². The number of carbonyl (C=O) groups is 2. The van der Waals surface area contributed by atoms with Gasteiger partial charge in [0.15, 0.2) is 0 Å². The zero-order chi connectivity index (χ0) is 23.3. The van der Waals surface area contributed by atoms with Gasteiger partial charge in [-0.15, -0.1) is 11.3 Å². The number of nitrogens with zero attached hydrogens (tertiary/aromatic N) is 3. The highest BCUT2D eigenvalue weighted by Crippen LogP contribution is 2.24. The van der Waals surface area contributed by atoms with Crippen LogP contribution in [0.3, 0.4) is 0 Å². The van der Waals surface area contributed by atoms with Crippen molar-refractivity contribution < 1.29 is 23.8 Å². The summed E-state index contributed by atoms with van der Waals surface area (Å²) in [5.41, 5.74) is 1.25. The first-order valence-electron chi connectivity index (χ1n) is 10.3. The summed E-state index contributed by atoms with van der Waals surface area (Å²) in [5.74, 6) is 1.00. The Labute approximate surface area is 196 Å². The van der Waals surface area contributed by atoms with Crippen molar-refractivity contribution in [2.75, 3.05) is 40.1 Å². The number of thioether (sulfide) groups is 1. The molecule has 0 radical (unpaired) electrons. The summed E-state index contributed by atoms with van der Waals surface area (Å²) >= 11 is 2.91. The number of ether oxygens (including phenoxy) is 3. The van der Waals surface area contributed by atoms with Gasteiger partial charge in [0.05, 0.1) is 26.9 Å². The molecule has 0 bridgehead atoms. The minimum absolute atomic E-state index is 0.00271. The molecule has 2 amide bonds. The Balaban J connectivity index is 1.78. The number of amides is 2. The van der Waals surface area contributed by atoms with E-state index in [2.05, 4.69) is 4.98 Å². The first-order valence-corrected chi connectivity index (χ1v) is 12.4. The number of methoxy groups -OCH3 is 2. The van der Waals surface area contributed by atoms with Crippen LogP contribution in [0.2, 0.25) is 0 Å². The molecule has 174 valence electrons. The summed E-state index contributed by atoms with van der Waals surface area (Å²) in [7, 11) is 3.20. The van der Waals surface area contributed by atoms with Crippen molar-refractivity contribution in [3.05, 3.63) is 34.8 Å². The van der Waals surface area contributed by atoms with Gasteiger partial charge < -0.3 is 24.0 Å². The van der Waals surface area contributed by atoms with Crippen LogP contribution in [0, 0.1) is 0 Å². The molecule has 3 rings (SSSR count). The van der Waals surface area contributed by atoms with Gasteiger partial charge >= 0.3 is 0 Å². The Morgan fingerprint density at radius 1 is 1.22 bits per heavy atom. The predicted octanol–water partition coefficient (Wildman–Crippen LogP) is 3.16. The molecule has 1 aliphatic heterocycles. The van der Waals surface area contributed by atoms with Crippen molar-refractivity contribution in [1.29, 1.82) is 0 Å². The van der Waals surface area contributed by atoms with E-state index >= 15 is 0 Å². The fourth-order valence-electron chi connectivity index (χ4n) is 3.48. The van der Waals surface area contributed by atoms with Gasteiger partial charge in [0.1, 0.15) is 28.1 Å². The van der Waals surface area contributed by atoms with Crippen LogP contribution in [0.15, 0.2) is 27.9 Å². The zero-order valence-corrected chi connectivity index (χ0v) is 20.6. The number of hydrogen-bond acceptors (Lipinski definition) is 8. The molecule has 1 fully saturated rings. The Morgan fingerprint density at radius 3 is 2.47 bits per heavy atom. The first kappa shape index (κ1) is 24.3. The molecule has 10 heteroatoms. The second-order valence-corrected chi connectivity index (χ2v) is 9.59. The molecule has 2 aromatic rings. The highest BCUT2D eigenvalue weighted by atomic mass is 32.2. The van der Waals surface area contributed by atoms with Crippen molar-refractivity contribution in [2.24, 2.45) is 0 Å². The van der Waals surface area contributed by atoms with Crippen LogP contribution in [0.4, 0.5) is 0 Å². The van der Waals surface area contributed by atoms with Gasteiger partial charge in [0.2, 0.25) is 5.91 Å². The van der Waals surface area contributed by atoms with Gasteiger partial charge in [-0.3, -0.25) is 9.59 Å². The van der Waals surface area contributed by atoms with Gasteiger partial charge in [-0.2, -0.15) is 0 Å². The van der Waals surface area contributed by atoms with Crippen molar-refractivity contribution in [2.45, 2.75) is 36.9 Å². The lowest BCUT2D eigenvalue weighted by Gasteiger charge is -2.27. The largest absolute Gasteiger partial charge is 0.497 e. The summed E-state index contributed by atoms with van der Waals surface area (Å²) in [6, 6.07) is 5.56. The van der Waals surface area contributed by atoms with Crippen molar-refractivity contribution in [3.63, 3.8) is 0 Å². The standard InChI is InChI=1S/C22H29N3O5S2/c1-14(2)25-10-18(30-12-15-6-16(28-3)8-17(7-15)29-4)9-24(11-20(25)26)21(27)19-13-32-22(23-19)31-5/h6-8,13-14,18H,9-12H2,1-5H3/t18-/m1/s1. The molecule has 1 saturated heterocycles. The molecule has 0 aliphatic carbocycles. The number of benzene rings is 1. The van der Waals surface area contributed by atoms with Gasteiger partial charge in [0, 0.05) is 30.6 Å². The summed E-state index contributed by atoms with van der Waals surface area (Å²) in [6.45, 7) is 4.95. The van der Waals surface area contributed by atoms with Crippen LogP contribution in [0.25, 0.3) is 0 Å². The molecule has 0 N–H and O–H groups in total. The highest BCUT2D eigenvalue weighted by Gasteiger charge is 2.33. The van der Waals surface area contributed by atoms with Crippen LogP contribution < -0.4 is 9.47 Å². The monoisotopic (exact) mass is 479 g/mol. The first-order chi connectivity index (χ1) is 15.3. The molecule has 1 aromatic heterocycles. The van der Waals surface area contributed by atoms with Crippen LogP contribution >= 0.6 is 23.1 Å². The smallest absolute Gasteiger partial charge is 0.273 e. The van der Waals surface area contributed by atoms with Crippen molar-refractivity contribution in [1.82, 2.24) is 14.8 Å². The van der Waals surface area contributed by atoms with Crippen LogP contribution in [0.1, 0.15) is 29.9 Å². The fourth-order valence-corrected chi connectivity index (χ4v) is 4.71. The fraction of sp³-hybridized carbons (Fsp3) is 0.500. The maximum absolute atomic E-state index is 13.1. The minimum atomic E-state index is -0.344. The van der Waals surface area contributed by atoms with Gasteiger partial charge in [-0.1, -0.05) is 11.8 Å². The van der Waals surface area contributed by atoms with Crippen molar-refractivity contribution >= 4 is 34.9 Å². The molecule has 8 nitrogen and oxygen atoms in total. The van der Waals surface area contributed by atoms with Crippen LogP contribution in [-0.4, -0.2) is 78.9 Å². The average Bonchev–Trinajstić information content (AvgIpc) is 3.21. The molecule has 0 saturated carbocycles. The lowest BCUT2D eigenvalue weighted by molar-refractivity contribution is -0.133. The summed E-state index contributed by atoms with van der Waals surface area (Å²) in [6.07, 6.45) is 1.57. The Morgan fingerprint density at radius 2 is 1.91 bits per heavy atom. The van der Waals surface area contributed by atoms with Gasteiger partial charge in [-0.05, 0) is 37.8 Å². The zero-order valence-electron chi connectivity index (χ0n) is 19.0. The molecule has 0 unspecified atom stereocenters. The molecule has 1 aliphatic rings. The van der Waals surface area contributed by atoms with Crippen LogP contribution in [0.5, 0.6) is 11.5 Å². The van der Waals surface area contributed by atoms with E-state index in [0.717, 1.165) is 9.90 Å². The number of carbonyl (C=O) groups excluding carboxylic acids is 2. The summed E-state index contributed by atoms with van der Waals surface area (Å²) in [4.78, 5) is 33.6. The Hall–Kier alpha value is -2.30. The average molecular weight is 480 g/mol. The Kier molecular flexibility index (Phi) is 8.38. The number of hydrogen-bond donors (Lipinski definition) is 0. The topological polar surface area (TPSA) is 81.2 Å². The molecule has 1 atom stereocenters.